The first kappa shape index (κ1) is 20.2. The number of nitrogens with one attached hydrogen (secondary N) is 3. The van der Waals surface area contributed by atoms with E-state index < -0.39 is 20.8 Å². The molecule has 1 atom stereocenters. The smallest absolute Gasteiger partial charge is 0.292 e. The molecular weight excluding hydrogens is 427 g/mol. The van der Waals surface area contributed by atoms with E-state index in [1.165, 1.54) is 36.6 Å². The van der Waals surface area contributed by atoms with Crippen LogP contribution in [0.5, 0.6) is 0 Å². The summed E-state index contributed by atoms with van der Waals surface area (Å²) in [6.45, 7) is 0. The number of anilines is 1. The number of benzene rings is 1. The maximum Gasteiger partial charge on any atom is 0.292 e. The van der Waals surface area contributed by atoms with E-state index >= 15 is 0 Å². The fourth-order valence-electron chi connectivity index (χ4n) is 1.84. The number of carbonyl (C=O) groups excluding carboxylic acids is 1. The molecule has 1 unspecified atom stereocenters. The Morgan fingerprint density at radius 3 is 2.46 bits per heavy atom. The Hall–Kier alpha value is -2.07. The average molecular weight is 438 g/mol. The molecule has 0 bridgehead atoms. The maximum absolute atomic E-state index is 12.1. The molecule has 2 rings (SSSR count). The van der Waals surface area contributed by atoms with Gasteiger partial charge < -0.3 is 20.4 Å². The standard InChI is InChI=1S/C14H11Cl3N4O4S/c15-14(16,17)12(19-11(22)10-6-3-7-25-10)20-13(26)18-8-4-1-2-5-9(8)21(23)24/h1-7,12H,(H,19,22)(H2,18,20,26). The lowest BCUT2D eigenvalue weighted by atomic mass is 10.3. The van der Waals surface area contributed by atoms with Crippen molar-refractivity contribution in [3.63, 3.8) is 0 Å². The molecule has 3 N–H and O–H groups in total. The summed E-state index contributed by atoms with van der Waals surface area (Å²) in [7, 11) is 0. The molecule has 138 valence electrons. The summed E-state index contributed by atoms with van der Waals surface area (Å²) in [4.78, 5) is 22.5. The van der Waals surface area contributed by atoms with Crippen LogP contribution in [0.15, 0.2) is 47.1 Å². The van der Waals surface area contributed by atoms with Crippen molar-refractivity contribution >= 4 is 69.4 Å². The fourth-order valence-corrected chi connectivity index (χ4v) is 2.39. The Morgan fingerprint density at radius 2 is 1.88 bits per heavy atom. The lowest BCUT2D eigenvalue weighted by Crippen LogP contribution is -2.56. The van der Waals surface area contributed by atoms with Gasteiger partial charge in [-0.2, -0.15) is 0 Å². The second-order valence-corrected chi connectivity index (χ2v) is 7.58. The Balaban J connectivity index is 2.10. The van der Waals surface area contributed by atoms with Gasteiger partial charge in [-0.05, 0) is 30.4 Å². The number of amides is 1. The molecule has 0 aliphatic carbocycles. The highest BCUT2D eigenvalue weighted by molar-refractivity contribution is 7.80. The summed E-state index contributed by atoms with van der Waals surface area (Å²) < 4.78 is 2.98. The Kier molecular flexibility index (Phi) is 6.65. The van der Waals surface area contributed by atoms with Crippen molar-refractivity contribution in [2.45, 2.75) is 9.96 Å². The largest absolute Gasteiger partial charge is 0.459 e. The van der Waals surface area contributed by atoms with Crippen LogP contribution in [-0.4, -0.2) is 25.9 Å². The van der Waals surface area contributed by atoms with Gasteiger partial charge in [0, 0.05) is 6.07 Å². The van der Waals surface area contributed by atoms with Gasteiger partial charge in [0.25, 0.3) is 11.6 Å². The summed E-state index contributed by atoms with van der Waals surface area (Å²) in [6, 6.07) is 8.80. The molecule has 1 heterocycles. The molecule has 0 saturated heterocycles. The summed E-state index contributed by atoms with van der Waals surface area (Å²) in [5, 5.41) is 18.6. The molecule has 0 spiro atoms. The SMILES string of the molecule is O=C(NC(NC(=S)Nc1ccccc1[N+](=O)[O-])C(Cl)(Cl)Cl)c1ccco1. The number of rotatable bonds is 5. The van der Waals surface area contributed by atoms with Crippen LogP contribution >= 0.6 is 47.0 Å². The van der Waals surface area contributed by atoms with Gasteiger partial charge in [0.15, 0.2) is 10.9 Å². The number of thiocarbonyl (C=S) groups is 1. The molecule has 0 aliphatic heterocycles. The summed E-state index contributed by atoms with van der Waals surface area (Å²) in [5.74, 6) is -0.643. The first-order chi connectivity index (χ1) is 12.2. The highest BCUT2D eigenvalue weighted by Gasteiger charge is 2.35. The van der Waals surface area contributed by atoms with E-state index in [1.54, 1.807) is 6.07 Å². The van der Waals surface area contributed by atoms with Crippen LogP contribution in [0.1, 0.15) is 10.6 Å². The molecule has 0 aliphatic rings. The first-order valence-electron chi connectivity index (χ1n) is 6.90. The van der Waals surface area contributed by atoms with E-state index in [0.29, 0.717) is 0 Å². The quantitative estimate of drug-likeness (QED) is 0.215. The van der Waals surface area contributed by atoms with E-state index in [0.717, 1.165) is 0 Å². The van der Waals surface area contributed by atoms with Crippen molar-refractivity contribution in [1.29, 1.82) is 0 Å². The second kappa shape index (κ2) is 8.54. The predicted octanol–water partition coefficient (Wildman–Crippen LogP) is 3.60. The zero-order valence-electron chi connectivity index (χ0n) is 12.7. The van der Waals surface area contributed by atoms with Crippen LogP contribution in [0.4, 0.5) is 11.4 Å². The van der Waals surface area contributed by atoms with Gasteiger partial charge in [-0.3, -0.25) is 14.9 Å². The maximum atomic E-state index is 12.1. The number of furan rings is 1. The Bertz CT molecular complexity index is 811. The molecule has 1 aromatic carbocycles. The minimum absolute atomic E-state index is 0.00336. The summed E-state index contributed by atoms with van der Waals surface area (Å²) in [5.41, 5.74) is -0.0582. The molecule has 0 saturated carbocycles. The molecule has 26 heavy (non-hydrogen) atoms. The number of para-hydroxylation sites is 2. The van der Waals surface area contributed by atoms with Gasteiger partial charge in [0.1, 0.15) is 11.9 Å². The normalized spacial score (nSPS) is 12.1. The van der Waals surface area contributed by atoms with Gasteiger partial charge in [-0.15, -0.1) is 0 Å². The fraction of sp³-hybridized carbons (Fsp3) is 0.143. The number of carbonyl (C=O) groups is 1. The van der Waals surface area contributed by atoms with Gasteiger partial charge >= 0.3 is 0 Å². The zero-order chi connectivity index (χ0) is 19.3. The molecular formula is C14H11Cl3N4O4S. The van der Waals surface area contributed by atoms with E-state index in [1.807, 2.05) is 0 Å². The topological polar surface area (TPSA) is 109 Å². The lowest BCUT2D eigenvalue weighted by molar-refractivity contribution is -0.383. The monoisotopic (exact) mass is 436 g/mol. The molecule has 0 radical (unpaired) electrons. The number of nitro groups is 1. The van der Waals surface area contributed by atoms with Crippen LogP contribution < -0.4 is 16.0 Å². The van der Waals surface area contributed by atoms with Gasteiger partial charge in [-0.25, -0.2) is 0 Å². The molecule has 2 aromatic rings. The number of alkyl halides is 3. The predicted molar refractivity (Wildman–Crippen MR) is 103 cm³/mol. The van der Waals surface area contributed by atoms with Crippen molar-refractivity contribution in [2.75, 3.05) is 5.32 Å². The van der Waals surface area contributed by atoms with Crippen molar-refractivity contribution < 1.29 is 14.1 Å². The van der Waals surface area contributed by atoms with Crippen molar-refractivity contribution in [1.82, 2.24) is 10.6 Å². The van der Waals surface area contributed by atoms with E-state index in [9.17, 15) is 14.9 Å². The van der Waals surface area contributed by atoms with Crippen molar-refractivity contribution in [3.8, 4) is 0 Å². The highest BCUT2D eigenvalue weighted by atomic mass is 35.6. The van der Waals surface area contributed by atoms with Crippen LogP contribution in [-0.2, 0) is 0 Å². The van der Waals surface area contributed by atoms with Crippen molar-refractivity contribution in [3.05, 3.63) is 58.5 Å². The first-order valence-corrected chi connectivity index (χ1v) is 8.44. The number of nitro benzene ring substituents is 1. The Labute approximate surface area is 167 Å². The van der Waals surface area contributed by atoms with E-state index in [-0.39, 0.29) is 22.2 Å². The van der Waals surface area contributed by atoms with Crippen LogP contribution in [0.25, 0.3) is 0 Å². The Morgan fingerprint density at radius 1 is 1.19 bits per heavy atom. The van der Waals surface area contributed by atoms with E-state index in [2.05, 4.69) is 16.0 Å². The molecule has 1 aromatic heterocycles. The van der Waals surface area contributed by atoms with Gasteiger partial charge in [0.2, 0.25) is 3.79 Å². The minimum atomic E-state index is -1.98. The van der Waals surface area contributed by atoms with Crippen LogP contribution in [0.3, 0.4) is 0 Å². The zero-order valence-corrected chi connectivity index (χ0v) is 15.8. The average Bonchev–Trinajstić information content (AvgIpc) is 3.08. The third-order valence-electron chi connectivity index (χ3n) is 2.97. The number of hydrogen-bond donors (Lipinski definition) is 3. The van der Waals surface area contributed by atoms with Gasteiger partial charge in [0.05, 0.1) is 11.2 Å². The highest BCUT2D eigenvalue weighted by Crippen LogP contribution is 2.29. The van der Waals surface area contributed by atoms with Crippen LogP contribution in [0.2, 0.25) is 0 Å². The molecule has 12 heteroatoms. The summed E-state index contributed by atoms with van der Waals surface area (Å²) in [6.07, 6.45) is 0.0702. The third-order valence-corrected chi connectivity index (χ3v) is 3.85. The number of nitrogens with zero attached hydrogens (tertiary/aromatic N) is 1. The minimum Gasteiger partial charge on any atom is -0.459 e. The number of hydrogen-bond acceptors (Lipinski definition) is 5. The summed E-state index contributed by atoms with van der Waals surface area (Å²) >= 11 is 22.7. The van der Waals surface area contributed by atoms with Crippen LogP contribution in [0, 0.1) is 10.1 Å². The lowest BCUT2D eigenvalue weighted by Gasteiger charge is -2.27. The van der Waals surface area contributed by atoms with Gasteiger partial charge in [-0.1, -0.05) is 46.9 Å². The number of halogens is 3. The molecule has 8 nitrogen and oxygen atoms in total. The van der Waals surface area contributed by atoms with E-state index in [4.69, 9.17) is 51.4 Å². The third kappa shape index (κ3) is 5.46. The van der Waals surface area contributed by atoms with Crippen molar-refractivity contribution in [2.24, 2.45) is 0 Å². The second-order valence-electron chi connectivity index (χ2n) is 4.80. The molecule has 1 amide bonds. The molecule has 0 fully saturated rings.